The fraction of sp³-hybridized carbons (Fsp3) is 0.615. The number of anilines is 1. The van der Waals surface area contributed by atoms with Gasteiger partial charge in [0.25, 0.3) is 0 Å². The maximum atomic E-state index is 4.41. The van der Waals surface area contributed by atoms with Gasteiger partial charge < -0.3 is 10.6 Å². The summed E-state index contributed by atoms with van der Waals surface area (Å²) in [5, 5.41) is 7.26. The molecule has 2 aliphatic rings. The third kappa shape index (κ3) is 1.92. The van der Waals surface area contributed by atoms with Crippen molar-refractivity contribution in [2.45, 2.75) is 50.7 Å². The van der Waals surface area contributed by atoms with Crippen molar-refractivity contribution in [1.82, 2.24) is 10.3 Å². The fourth-order valence-corrected chi connectivity index (χ4v) is 3.01. The van der Waals surface area contributed by atoms with Crippen LogP contribution in [0.5, 0.6) is 0 Å². The van der Waals surface area contributed by atoms with E-state index in [1.54, 1.807) is 0 Å². The Morgan fingerprint density at radius 3 is 2.75 bits per heavy atom. The lowest BCUT2D eigenvalue weighted by Crippen LogP contribution is -2.43. The van der Waals surface area contributed by atoms with Crippen molar-refractivity contribution < 1.29 is 0 Å². The summed E-state index contributed by atoms with van der Waals surface area (Å²) in [6, 6.07) is 6.19. The molecule has 2 fully saturated rings. The summed E-state index contributed by atoms with van der Waals surface area (Å²) in [4.78, 5) is 4.41. The highest BCUT2D eigenvalue weighted by Crippen LogP contribution is 2.28. The summed E-state index contributed by atoms with van der Waals surface area (Å²) in [7, 11) is 0. The number of fused-ring (bicyclic) bond motifs is 2. The number of hydrogen-bond donors (Lipinski definition) is 2. The van der Waals surface area contributed by atoms with Gasteiger partial charge in [-0.15, -0.1) is 0 Å². The molecule has 2 atom stereocenters. The van der Waals surface area contributed by atoms with Crippen molar-refractivity contribution >= 4 is 5.82 Å². The fourth-order valence-electron chi connectivity index (χ4n) is 3.01. The van der Waals surface area contributed by atoms with E-state index in [1.807, 2.05) is 12.3 Å². The molecule has 3 rings (SSSR count). The van der Waals surface area contributed by atoms with Crippen LogP contribution >= 0.6 is 0 Å². The van der Waals surface area contributed by atoms with E-state index in [1.165, 1.54) is 31.2 Å². The number of pyridine rings is 1. The van der Waals surface area contributed by atoms with Crippen molar-refractivity contribution in [3.63, 3.8) is 0 Å². The molecule has 3 heteroatoms. The van der Waals surface area contributed by atoms with Crippen LogP contribution in [-0.2, 0) is 0 Å². The molecular formula is C13H19N3. The van der Waals surface area contributed by atoms with Crippen molar-refractivity contribution in [1.29, 1.82) is 0 Å². The minimum absolute atomic E-state index is 0.604. The lowest BCUT2D eigenvalue weighted by molar-refractivity contribution is 0.377. The van der Waals surface area contributed by atoms with Crippen LogP contribution in [0, 0.1) is 6.92 Å². The Morgan fingerprint density at radius 2 is 2.06 bits per heavy atom. The summed E-state index contributed by atoms with van der Waals surface area (Å²) in [6.07, 6.45) is 7.05. The molecule has 1 aromatic heterocycles. The van der Waals surface area contributed by atoms with Crippen LogP contribution in [0.25, 0.3) is 0 Å². The highest BCUT2D eigenvalue weighted by atomic mass is 15.1. The normalized spacial score (nSPS) is 32.7. The van der Waals surface area contributed by atoms with Crippen molar-refractivity contribution in [2.24, 2.45) is 0 Å². The molecule has 0 saturated carbocycles. The van der Waals surface area contributed by atoms with Crippen molar-refractivity contribution in [3.05, 3.63) is 23.9 Å². The van der Waals surface area contributed by atoms with Gasteiger partial charge >= 0.3 is 0 Å². The Bertz CT molecular complexity index is 365. The first-order chi connectivity index (χ1) is 7.81. The molecule has 3 nitrogen and oxygen atoms in total. The quantitative estimate of drug-likeness (QED) is 0.796. The van der Waals surface area contributed by atoms with E-state index >= 15 is 0 Å². The molecule has 0 spiro atoms. The van der Waals surface area contributed by atoms with Crippen LogP contribution in [0.15, 0.2) is 18.3 Å². The van der Waals surface area contributed by atoms with Crippen LogP contribution in [-0.4, -0.2) is 23.1 Å². The van der Waals surface area contributed by atoms with Gasteiger partial charge in [0.1, 0.15) is 5.82 Å². The summed E-state index contributed by atoms with van der Waals surface area (Å²) in [5.74, 6) is 1.06. The topological polar surface area (TPSA) is 37.0 Å². The van der Waals surface area contributed by atoms with E-state index in [-0.39, 0.29) is 0 Å². The van der Waals surface area contributed by atoms with Gasteiger partial charge in [-0.25, -0.2) is 4.98 Å². The van der Waals surface area contributed by atoms with Gasteiger partial charge in [0, 0.05) is 24.3 Å². The molecule has 3 heterocycles. The number of hydrogen-bond acceptors (Lipinski definition) is 3. The second-order valence-corrected chi connectivity index (χ2v) is 5.12. The van der Waals surface area contributed by atoms with Crippen molar-refractivity contribution in [2.75, 3.05) is 5.32 Å². The molecule has 2 N–H and O–H groups in total. The van der Waals surface area contributed by atoms with Gasteiger partial charge in [-0.05, 0) is 44.2 Å². The summed E-state index contributed by atoms with van der Waals surface area (Å²) < 4.78 is 0. The van der Waals surface area contributed by atoms with Gasteiger partial charge in [-0.3, -0.25) is 0 Å². The van der Waals surface area contributed by atoms with Crippen LogP contribution in [0.4, 0.5) is 5.82 Å². The van der Waals surface area contributed by atoms with Gasteiger partial charge in [0.2, 0.25) is 0 Å². The molecule has 2 bridgehead atoms. The van der Waals surface area contributed by atoms with Crippen LogP contribution in [0.1, 0.15) is 31.2 Å². The molecule has 2 saturated heterocycles. The number of nitrogens with zero attached hydrogens (tertiary/aromatic N) is 1. The molecule has 2 unspecified atom stereocenters. The number of piperidine rings is 1. The minimum Gasteiger partial charge on any atom is -0.367 e. The third-order valence-electron chi connectivity index (χ3n) is 3.82. The second kappa shape index (κ2) is 4.06. The smallest absolute Gasteiger partial charge is 0.129 e. The lowest BCUT2D eigenvalue weighted by Gasteiger charge is -2.30. The largest absolute Gasteiger partial charge is 0.367 e. The molecule has 0 amide bonds. The van der Waals surface area contributed by atoms with Crippen LogP contribution < -0.4 is 10.6 Å². The zero-order chi connectivity index (χ0) is 11.0. The van der Waals surface area contributed by atoms with Crippen molar-refractivity contribution in [3.8, 4) is 0 Å². The van der Waals surface area contributed by atoms with E-state index in [0.717, 1.165) is 17.9 Å². The van der Waals surface area contributed by atoms with E-state index in [2.05, 4.69) is 28.6 Å². The minimum atomic E-state index is 0.604. The van der Waals surface area contributed by atoms with Gasteiger partial charge in [-0.1, -0.05) is 6.07 Å². The van der Waals surface area contributed by atoms with E-state index < -0.39 is 0 Å². The predicted molar refractivity (Wildman–Crippen MR) is 65.6 cm³/mol. The Kier molecular flexibility index (Phi) is 2.56. The van der Waals surface area contributed by atoms with Crippen LogP contribution in [0.3, 0.4) is 0 Å². The molecule has 16 heavy (non-hydrogen) atoms. The van der Waals surface area contributed by atoms with E-state index in [9.17, 15) is 0 Å². The second-order valence-electron chi connectivity index (χ2n) is 5.12. The average molecular weight is 217 g/mol. The zero-order valence-electron chi connectivity index (χ0n) is 9.74. The molecule has 2 aliphatic heterocycles. The number of rotatable bonds is 2. The first-order valence-electron chi connectivity index (χ1n) is 6.25. The van der Waals surface area contributed by atoms with E-state index in [4.69, 9.17) is 0 Å². The van der Waals surface area contributed by atoms with Gasteiger partial charge in [0.05, 0.1) is 0 Å². The van der Waals surface area contributed by atoms with Gasteiger partial charge in [0.15, 0.2) is 0 Å². The molecular weight excluding hydrogens is 198 g/mol. The highest BCUT2D eigenvalue weighted by Gasteiger charge is 2.33. The molecule has 1 aromatic rings. The number of nitrogens with one attached hydrogen (secondary N) is 2. The Hall–Kier alpha value is -1.09. The lowest BCUT2D eigenvalue weighted by atomic mass is 10.00. The van der Waals surface area contributed by atoms with Gasteiger partial charge in [-0.2, -0.15) is 0 Å². The standard InChI is InChI=1S/C13H19N3/c1-9-3-2-6-14-13(9)16-12-7-10-4-5-11(8-12)15-10/h2-3,6,10-12,15H,4-5,7-8H2,1H3,(H,14,16). The SMILES string of the molecule is Cc1cccnc1NC1CC2CCC(C1)N2. The predicted octanol–water partition coefficient (Wildman–Crippen LogP) is 2.08. The first kappa shape index (κ1) is 10.1. The summed E-state index contributed by atoms with van der Waals surface area (Å²) in [5.41, 5.74) is 1.24. The maximum absolute atomic E-state index is 4.41. The number of aryl methyl sites for hydroxylation is 1. The van der Waals surface area contributed by atoms with E-state index in [0.29, 0.717) is 6.04 Å². The Labute approximate surface area is 96.7 Å². The monoisotopic (exact) mass is 217 g/mol. The third-order valence-corrected chi connectivity index (χ3v) is 3.82. The summed E-state index contributed by atoms with van der Waals surface area (Å²) in [6.45, 7) is 2.12. The Morgan fingerprint density at radius 1 is 1.31 bits per heavy atom. The average Bonchev–Trinajstić information content (AvgIpc) is 2.62. The molecule has 86 valence electrons. The Balaban J connectivity index is 1.69. The molecule has 0 aliphatic carbocycles. The number of aromatic nitrogens is 1. The highest BCUT2D eigenvalue weighted by molar-refractivity contribution is 5.43. The molecule has 0 aromatic carbocycles. The summed E-state index contributed by atoms with van der Waals surface area (Å²) >= 11 is 0. The maximum Gasteiger partial charge on any atom is 0.129 e. The molecule has 0 radical (unpaired) electrons. The first-order valence-corrected chi connectivity index (χ1v) is 6.25. The van der Waals surface area contributed by atoms with Crippen LogP contribution in [0.2, 0.25) is 0 Å². The zero-order valence-corrected chi connectivity index (χ0v) is 9.74.